The van der Waals surface area contributed by atoms with Crippen molar-refractivity contribution >= 4 is 23.5 Å². The lowest BCUT2D eigenvalue weighted by Crippen LogP contribution is -2.45. The second-order valence-corrected chi connectivity index (χ2v) is 11.1. The van der Waals surface area contributed by atoms with Crippen LogP contribution in [0.25, 0.3) is 0 Å². The summed E-state index contributed by atoms with van der Waals surface area (Å²) in [7, 11) is 0. The van der Waals surface area contributed by atoms with Crippen molar-refractivity contribution in [3.05, 3.63) is 64.7 Å². The van der Waals surface area contributed by atoms with Crippen LogP contribution in [0.3, 0.4) is 0 Å². The molecule has 2 atom stereocenters. The number of hydrogen-bond donors (Lipinski definition) is 2. The van der Waals surface area contributed by atoms with Crippen molar-refractivity contribution in [3.63, 3.8) is 0 Å². The Labute approximate surface area is 233 Å². The predicted molar refractivity (Wildman–Crippen MR) is 144 cm³/mol. The van der Waals surface area contributed by atoms with Crippen molar-refractivity contribution in [1.29, 1.82) is 0 Å². The SMILES string of the molecule is O=C(Cc1c(F)cccc1Cl)N1CCCCC2(CCN(Cc3ccncc3)CC2)C(=O)OC[C@@H](O)[C@@H](O)CC1. The molecule has 2 aliphatic rings. The highest BCUT2D eigenvalue weighted by Crippen LogP contribution is 2.38. The van der Waals surface area contributed by atoms with E-state index in [-0.39, 0.29) is 48.5 Å². The van der Waals surface area contributed by atoms with Gasteiger partial charge in [0.25, 0.3) is 0 Å². The first-order chi connectivity index (χ1) is 18.8. The number of esters is 1. The van der Waals surface area contributed by atoms with Crippen molar-refractivity contribution in [2.45, 2.75) is 63.7 Å². The maximum absolute atomic E-state index is 14.3. The van der Waals surface area contributed by atoms with Crippen LogP contribution < -0.4 is 0 Å². The highest BCUT2D eigenvalue weighted by molar-refractivity contribution is 6.31. The summed E-state index contributed by atoms with van der Waals surface area (Å²) < 4.78 is 19.9. The van der Waals surface area contributed by atoms with E-state index in [1.165, 1.54) is 12.1 Å². The first kappa shape index (κ1) is 29.4. The number of hydrogen-bond acceptors (Lipinski definition) is 7. The number of amides is 1. The molecule has 2 saturated heterocycles. The molecule has 2 aromatic rings. The lowest BCUT2D eigenvalue weighted by atomic mass is 9.74. The van der Waals surface area contributed by atoms with Crippen LogP contribution in [0.2, 0.25) is 5.02 Å². The van der Waals surface area contributed by atoms with Crippen molar-refractivity contribution in [3.8, 4) is 0 Å². The van der Waals surface area contributed by atoms with Gasteiger partial charge in [-0.05, 0) is 75.0 Å². The number of piperidine rings is 1. The average Bonchev–Trinajstić information content (AvgIpc) is 2.94. The van der Waals surface area contributed by atoms with E-state index >= 15 is 0 Å². The molecule has 0 aliphatic carbocycles. The number of ether oxygens (including phenoxy) is 1. The molecule has 0 radical (unpaired) electrons. The Hall–Kier alpha value is -2.59. The number of nitrogens with zero attached hydrogens (tertiary/aromatic N) is 3. The van der Waals surface area contributed by atoms with Gasteiger partial charge in [0, 0.05) is 42.6 Å². The summed E-state index contributed by atoms with van der Waals surface area (Å²) >= 11 is 6.13. The third-order valence-electron chi connectivity index (χ3n) is 8.00. The van der Waals surface area contributed by atoms with E-state index in [0.29, 0.717) is 38.6 Å². The summed E-state index contributed by atoms with van der Waals surface area (Å²) in [6.45, 7) is 2.52. The molecular formula is C29H37ClFN3O5. The van der Waals surface area contributed by atoms with Gasteiger partial charge in [-0.15, -0.1) is 0 Å². The smallest absolute Gasteiger partial charge is 0.312 e. The summed E-state index contributed by atoms with van der Waals surface area (Å²) in [6, 6.07) is 8.28. The zero-order chi connectivity index (χ0) is 27.8. The molecular weight excluding hydrogens is 525 g/mol. The number of carbonyl (C=O) groups excluding carboxylic acids is 2. The first-order valence-corrected chi connectivity index (χ1v) is 14.0. The second kappa shape index (κ2) is 13.7. The summed E-state index contributed by atoms with van der Waals surface area (Å²) in [5.41, 5.74) is 0.629. The second-order valence-electron chi connectivity index (χ2n) is 10.6. The average molecular weight is 562 g/mol. The number of likely N-dealkylation sites (tertiary alicyclic amines) is 1. The Kier molecular flexibility index (Phi) is 10.3. The maximum atomic E-state index is 14.3. The molecule has 0 unspecified atom stereocenters. The first-order valence-electron chi connectivity index (χ1n) is 13.6. The molecule has 3 heterocycles. The van der Waals surface area contributed by atoms with Crippen LogP contribution >= 0.6 is 11.6 Å². The highest BCUT2D eigenvalue weighted by Gasteiger charge is 2.42. The number of aliphatic hydroxyl groups is 2. The van der Waals surface area contributed by atoms with Gasteiger partial charge in [0.1, 0.15) is 18.5 Å². The van der Waals surface area contributed by atoms with E-state index < -0.39 is 23.4 Å². The minimum absolute atomic E-state index is 0.102. The molecule has 8 nitrogen and oxygen atoms in total. The van der Waals surface area contributed by atoms with E-state index in [1.807, 2.05) is 12.1 Å². The number of aromatic nitrogens is 1. The third-order valence-corrected chi connectivity index (χ3v) is 8.36. The Bertz CT molecular complexity index is 1090. The number of rotatable bonds is 4. The quantitative estimate of drug-likeness (QED) is 0.552. The molecule has 4 rings (SSSR count). The molecule has 1 aromatic heterocycles. The predicted octanol–water partition coefficient (Wildman–Crippen LogP) is 3.37. The monoisotopic (exact) mass is 561 g/mol. The van der Waals surface area contributed by atoms with Crippen LogP contribution in [0.5, 0.6) is 0 Å². The van der Waals surface area contributed by atoms with Crippen LogP contribution in [-0.4, -0.2) is 81.9 Å². The molecule has 1 aromatic carbocycles. The fourth-order valence-corrected chi connectivity index (χ4v) is 5.67. The number of cyclic esters (lactones) is 1. The largest absolute Gasteiger partial charge is 0.462 e. The molecule has 39 heavy (non-hydrogen) atoms. The van der Waals surface area contributed by atoms with E-state index in [2.05, 4.69) is 9.88 Å². The van der Waals surface area contributed by atoms with Crippen LogP contribution in [-0.2, 0) is 27.3 Å². The summed E-state index contributed by atoms with van der Waals surface area (Å²) in [6.07, 6.45) is 4.22. The van der Waals surface area contributed by atoms with Gasteiger partial charge < -0.3 is 19.8 Å². The van der Waals surface area contributed by atoms with E-state index in [0.717, 1.165) is 25.2 Å². The van der Waals surface area contributed by atoms with Crippen LogP contribution in [0.15, 0.2) is 42.7 Å². The lowest BCUT2D eigenvalue weighted by molar-refractivity contribution is -0.165. The van der Waals surface area contributed by atoms with Gasteiger partial charge in [-0.3, -0.25) is 19.5 Å². The minimum Gasteiger partial charge on any atom is -0.462 e. The number of halogens is 2. The fraction of sp³-hybridized carbons (Fsp3) is 0.552. The van der Waals surface area contributed by atoms with E-state index in [9.17, 15) is 24.2 Å². The standard InChI is InChI=1S/C29H37ClFN3O5/c30-23-4-3-5-24(31)22(23)18-27(37)34-14-2-1-9-29(28(38)39-20-26(36)25(35)8-15-34)10-16-33(17-11-29)19-21-6-12-32-13-7-21/h3-7,12-13,25-26,35-36H,1-2,8-11,14-20H2/t25-,26+/m0/s1. The Morgan fingerprint density at radius 2 is 1.79 bits per heavy atom. The maximum Gasteiger partial charge on any atom is 0.312 e. The van der Waals surface area contributed by atoms with Crippen molar-refractivity contribution in [1.82, 2.24) is 14.8 Å². The zero-order valence-electron chi connectivity index (χ0n) is 22.1. The van der Waals surface area contributed by atoms with Crippen LogP contribution in [0, 0.1) is 11.2 Å². The van der Waals surface area contributed by atoms with E-state index in [4.69, 9.17) is 16.3 Å². The Morgan fingerprint density at radius 3 is 2.51 bits per heavy atom. The van der Waals surface area contributed by atoms with Gasteiger partial charge in [-0.25, -0.2) is 4.39 Å². The summed E-state index contributed by atoms with van der Waals surface area (Å²) in [5, 5.41) is 21.2. The van der Waals surface area contributed by atoms with Gasteiger partial charge in [-0.2, -0.15) is 0 Å². The molecule has 1 amide bonds. The van der Waals surface area contributed by atoms with Gasteiger partial charge in [0.05, 0.1) is 17.9 Å². The summed E-state index contributed by atoms with van der Waals surface area (Å²) in [4.78, 5) is 34.4. The molecule has 2 N–H and O–H groups in total. The fourth-order valence-electron chi connectivity index (χ4n) is 5.44. The number of pyridine rings is 1. The molecule has 2 aliphatic heterocycles. The minimum atomic E-state index is -1.27. The van der Waals surface area contributed by atoms with E-state index in [1.54, 1.807) is 23.4 Å². The van der Waals surface area contributed by atoms with Crippen LogP contribution in [0.4, 0.5) is 4.39 Å². The van der Waals surface area contributed by atoms with Gasteiger partial charge in [0.2, 0.25) is 5.91 Å². The topological polar surface area (TPSA) is 103 Å². The number of aliphatic hydroxyl groups excluding tert-OH is 2. The highest BCUT2D eigenvalue weighted by atomic mass is 35.5. The molecule has 10 heteroatoms. The molecule has 0 saturated carbocycles. The van der Waals surface area contributed by atoms with Gasteiger partial charge >= 0.3 is 5.97 Å². The molecule has 212 valence electrons. The molecule has 2 fully saturated rings. The molecule has 1 spiro atoms. The Morgan fingerprint density at radius 1 is 1.05 bits per heavy atom. The van der Waals surface area contributed by atoms with Crippen molar-refractivity contribution in [2.75, 3.05) is 32.8 Å². The van der Waals surface area contributed by atoms with Crippen molar-refractivity contribution < 1.29 is 28.9 Å². The number of carbonyl (C=O) groups is 2. The van der Waals surface area contributed by atoms with Crippen LogP contribution in [0.1, 0.15) is 49.7 Å². The summed E-state index contributed by atoms with van der Waals surface area (Å²) in [5.74, 6) is -1.17. The Balaban J connectivity index is 1.42. The lowest BCUT2D eigenvalue weighted by Gasteiger charge is -2.40. The van der Waals surface area contributed by atoms with Crippen molar-refractivity contribution in [2.24, 2.45) is 5.41 Å². The number of benzene rings is 1. The zero-order valence-corrected chi connectivity index (χ0v) is 22.9. The third kappa shape index (κ3) is 7.75. The normalized spacial score (nSPS) is 23.4. The van der Waals surface area contributed by atoms with Gasteiger partial charge in [0.15, 0.2) is 0 Å². The molecule has 0 bridgehead atoms. The van der Waals surface area contributed by atoms with Gasteiger partial charge in [-0.1, -0.05) is 24.1 Å².